The second kappa shape index (κ2) is 6.50. The van der Waals surface area contributed by atoms with Gasteiger partial charge in [-0.1, -0.05) is 16.8 Å². The molecule has 0 unspecified atom stereocenters. The minimum absolute atomic E-state index is 0.248. The highest BCUT2D eigenvalue weighted by Crippen LogP contribution is 2.17. The Morgan fingerprint density at radius 1 is 1.13 bits per heavy atom. The van der Waals surface area contributed by atoms with Crippen molar-refractivity contribution >= 4 is 34.8 Å². The van der Waals surface area contributed by atoms with E-state index in [0.717, 1.165) is 5.69 Å². The summed E-state index contributed by atoms with van der Waals surface area (Å²) in [7, 11) is 0. The van der Waals surface area contributed by atoms with Crippen LogP contribution in [0.2, 0.25) is 5.02 Å². The molecule has 0 aliphatic carbocycles. The summed E-state index contributed by atoms with van der Waals surface area (Å²) in [5.74, 6) is 1.52. The maximum absolute atomic E-state index is 12.1. The van der Waals surface area contributed by atoms with Crippen LogP contribution in [0.5, 0.6) is 0 Å². The SMILES string of the molecule is Cc1cc(Nc2ccc(NC(=O)c3ccc(Cl)cc3)nc2)no1. The van der Waals surface area contributed by atoms with Crippen molar-refractivity contribution in [3.05, 3.63) is 65.0 Å². The van der Waals surface area contributed by atoms with Gasteiger partial charge in [0.1, 0.15) is 11.6 Å². The summed E-state index contributed by atoms with van der Waals surface area (Å²) >= 11 is 5.80. The predicted octanol–water partition coefficient (Wildman–Crippen LogP) is 4.03. The first-order valence-electron chi connectivity index (χ1n) is 6.83. The van der Waals surface area contributed by atoms with Crippen molar-refractivity contribution in [2.75, 3.05) is 10.6 Å². The number of amides is 1. The first-order chi connectivity index (χ1) is 11.1. The maximum Gasteiger partial charge on any atom is 0.256 e. The van der Waals surface area contributed by atoms with Crippen molar-refractivity contribution < 1.29 is 9.32 Å². The lowest BCUT2D eigenvalue weighted by Crippen LogP contribution is -2.12. The molecule has 2 heterocycles. The monoisotopic (exact) mass is 328 g/mol. The smallest absolute Gasteiger partial charge is 0.256 e. The van der Waals surface area contributed by atoms with Crippen molar-refractivity contribution in [3.63, 3.8) is 0 Å². The number of anilines is 3. The molecule has 1 aromatic carbocycles. The fourth-order valence-corrected chi connectivity index (χ4v) is 2.03. The molecule has 0 radical (unpaired) electrons. The fourth-order valence-electron chi connectivity index (χ4n) is 1.90. The molecule has 1 amide bonds. The Balaban J connectivity index is 1.65. The molecule has 0 aliphatic rings. The molecule has 0 atom stereocenters. The van der Waals surface area contributed by atoms with Crippen molar-refractivity contribution in [2.24, 2.45) is 0 Å². The highest BCUT2D eigenvalue weighted by atomic mass is 35.5. The van der Waals surface area contributed by atoms with Crippen LogP contribution in [-0.2, 0) is 0 Å². The standard InChI is InChI=1S/C16H13ClN4O2/c1-10-8-15(21-23-10)19-13-6-7-14(18-9-13)20-16(22)11-2-4-12(17)5-3-11/h2-9H,1H3,(H,19,21)(H,18,20,22). The molecule has 116 valence electrons. The maximum atomic E-state index is 12.1. The van der Waals surface area contributed by atoms with Crippen LogP contribution in [0.3, 0.4) is 0 Å². The normalized spacial score (nSPS) is 10.3. The van der Waals surface area contributed by atoms with Gasteiger partial charge in [0.15, 0.2) is 5.82 Å². The van der Waals surface area contributed by atoms with Gasteiger partial charge in [-0.3, -0.25) is 4.79 Å². The van der Waals surface area contributed by atoms with Crippen molar-refractivity contribution in [1.82, 2.24) is 10.1 Å². The number of nitrogens with zero attached hydrogens (tertiary/aromatic N) is 2. The molecule has 23 heavy (non-hydrogen) atoms. The first-order valence-corrected chi connectivity index (χ1v) is 7.21. The van der Waals surface area contributed by atoms with E-state index >= 15 is 0 Å². The van der Waals surface area contributed by atoms with Gasteiger partial charge in [0.25, 0.3) is 5.91 Å². The van der Waals surface area contributed by atoms with Gasteiger partial charge in [0.2, 0.25) is 0 Å². The molecular weight excluding hydrogens is 316 g/mol. The van der Waals surface area contributed by atoms with E-state index in [2.05, 4.69) is 20.8 Å². The van der Waals surface area contributed by atoms with Crippen LogP contribution >= 0.6 is 11.6 Å². The third-order valence-electron chi connectivity index (χ3n) is 3.01. The van der Waals surface area contributed by atoms with E-state index in [-0.39, 0.29) is 5.91 Å². The highest BCUT2D eigenvalue weighted by Gasteiger charge is 2.07. The Morgan fingerprint density at radius 2 is 1.91 bits per heavy atom. The van der Waals surface area contributed by atoms with E-state index in [1.165, 1.54) is 0 Å². The molecule has 0 spiro atoms. The van der Waals surface area contributed by atoms with Gasteiger partial charge in [-0.2, -0.15) is 0 Å². The van der Waals surface area contributed by atoms with Crippen LogP contribution in [-0.4, -0.2) is 16.0 Å². The van der Waals surface area contributed by atoms with Gasteiger partial charge < -0.3 is 15.2 Å². The quantitative estimate of drug-likeness (QED) is 0.756. The summed E-state index contributed by atoms with van der Waals surface area (Å²) in [5, 5.41) is 10.2. The number of rotatable bonds is 4. The Bertz CT molecular complexity index is 813. The topological polar surface area (TPSA) is 80.0 Å². The number of hydrogen-bond acceptors (Lipinski definition) is 5. The zero-order valence-electron chi connectivity index (χ0n) is 12.2. The molecule has 0 saturated heterocycles. The number of aromatic nitrogens is 2. The minimum atomic E-state index is -0.248. The van der Waals surface area contributed by atoms with E-state index < -0.39 is 0 Å². The number of hydrogen-bond donors (Lipinski definition) is 2. The van der Waals surface area contributed by atoms with Gasteiger partial charge in [0, 0.05) is 16.7 Å². The molecule has 2 aromatic heterocycles. The van der Waals surface area contributed by atoms with Gasteiger partial charge in [-0.15, -0.1) is 0 Å². The Kier molecular flexibility index (Phi) is 4.25. The van der Waals surface area contributed by atoms with Crippen molar-refractivity contribution in [3.8, 4) is 0 Å². The second-order valence-corrected chi connectivity index (χ2v) is 5.28. The van der Waals surface area contributed by atoms with Crippen LogP contribution in [0.15, 0.2) is 53.2 Å². The molecule has 0 saturated carbocycles. The van der Waals surface area contributed by atoms with E-state index in [0.29, 0.717) is 28.0 Å². The molecule has 0 fully saturated rings. The van der Waals surface area contributed by atoms with E-state index in [1.54, 1.807) is 48.7 Å². The summed E-state index contributed by atoms with van der Waals surface area (Å²) in [5.41, 5.74) is 1.25. The van der Waals surface area contributed by atoms with Gasteiger partial charge in [-0.25, -0.2) is 4.98 Å². The van der Waals surface area contributed by atoms with Crippen molar-refractivity contribution in [2.45, 2.75) is 6.92 Å². The molecule has 6 nitrogen and oxygen atoms in total. The Hall–Kier alpha value is -2.86. The van der Waals surface area contributed by atoms with Gasteiger partial charge in [0.05, 0.1) is 11.9 Å². The molecule has 0 aliphatic heterocycles. The predicted molar refractivity (Wildman–Crippen MR) is 88.2 cm³/mol. The number of aryl methyl sites for hydroxylation is 1. The molecule has 3 rings (SSSR count). The summed E-state index contributed by atoms with van der Waals surface area (Å²) in [6.45, 7) is 1.81. The van der Waals surface area contributed by atoms with E-state index in [9.17, 15) is 4.79 Å². The fraction of sp³-hybridized carbons (Fsp3) is 0.0625. The van der Waals surface area contributed by atoms with Crippen LogP contribution in [0.25, 0.3) is 0 Å². The average Bonchev–Trinajstić information content (AvgIpc) is 2.95. The first kappa shape index (κ1) is 15.1. The number of carbonyl (C=O) groups is 1. The van der Waals surface area contributed by atoms with Crippen LogP contribution in [0, 0.1) is 6.92 Å². The number of benzene rings is 1. The average molecular weight is 329 g/mol. The minimum Gasteiger partial charge on any atom is -0.360 e. The third-order valence-corrected chi connectivity index (χ3v) is 3.26. The van der Waals surface area contributed by atoms with Crippen LogP contribution in [0.1, 0.15) is 16.1 Å². The third kappa shape index (κ3) is 3.87. The Morgan fingerprint density at radius 3 is 2.52 bits per heavy atom. The van der Waals surface area contributed by atoms with E-state index in [1.807, 2.05) is 6.92 Å². The highest BCUT2D eigenvalue weighted by molar-refractivity contribution is 6.30. The summed E-state index contributed by atoms with van der Waals surface area (Å²) in [4.78, 5) is 16.3. The molecule has 3 aromatic rings. The lowest BCUT2D eigenvalue weighted by atomic mass is 10.2. The lowest BCUT2D eigenvalue weighted by Gasteiger charge is -2.06. The summed E-state index contributed by atoms with van der Waals surface area (Å²) in [6.07, 6.45) is 1.60. The number of halogens is 1. The Labute approximate surface area is 137 Å². The van der Waals surface area contributed by atoms with Crippen LogP contribution < -0.4 is 10.6 Å². The molecular formula is C16H13ClN4O2. The number of nitrogens with one attached hydrogen (secondary N) is 2. The van der Waals surface area contributed by atoms with Gasteiger partial charge in [-0.05, 0) is 43.3 Å². The number of pyridine rings is 1. The summed E-state index contributed by atoms with van der Waals surface area (Å²) in [6, 6.07) is 11.9. The summed E-state index contributed by atoms with van der Waals surface area (Å²) < 4.78 is 4.97. The zero-order chi connectivity index (χ0) is 16.2. The van der Waals surface area contributed by atoms with Crippen LogP contribution in [0.4, 0.5) is 17.3 Å². The zero-order valence-corrected chi connectivity index (χ0v) is 13.0. The van der Waals surface area contributed by atoms with E-state index in [4.69, 9.17) is 16.1 Å². The van der Waals surface area contributed by atoms with Crippen molar-refractivity contribution in [1.29, 1.82) is 0 Å². The molecule has 0 bridgehead atoms. The lowest BCUT2D eigenvalue weighted by molar-refractivity contribution is 0.102. The van der Waals surface area contributed by atoms with Gasteiger partial charge >= 0.3 is 0 Å². The second-order valence-electron chi connectivity index (χ2n) is 4.84. The number of carbonyl (C=O) groups excluding carboxylic acids is 1. The largest absolute Gasteiger partial charge is 0.360 e. The molecule has 2 N–H and O–H groups in total. The molecule has 7 heteroatoms.